The number of ether oxygens (including phenoxy) is 1. The number of carbonyl (C=O) groups is 1. The van der Waals surface area contributed by atoms with Crippen molar-refractivity contribution in [1.29, 1.82) is 0 Å². The number of aliphatic hydroxyl groups excluding tert-OH is 1. The molecule has 164 valence electrons. The summed E-state index contributed by atoms with van der Waals surface area (Å²) in [7, 11) is 1.64. The number of aromatic amines is 1. The number of aryl methyl sites for hydroxylation is 1. The fourth-order valence-corrected chi connectivity index (χ4v) is 4.13. The standard InChI is InChI=1S/C24H30N4O3/c1-15-3-12-20-21(13-15)27-23(26-20)22(14-16-4-10-19(31-2)11-5-16)28-24(30)25-17-6-8-18(29)9-7-17/h3-5,10-13,17-18,22,29H,6-9,14H2,1-2H3,(H,26,27)(H2,25,28,30)/t17?,18?,22-/m1/s1. The molecule has 4 rings (SSSR count). The number of amides is 2. The van der Waals surface area contributed by atoms with E-state index in [2.05, 4.69) is 21.7 Å². The van der Waals surface area contributed by atoms with Crippen LogP contribution in [0.2, 0.25) is 0 Å². The first-order chi connectivity index (χ1) is 15.0. The van der Waals surface area contributed by atoms with Crippen LogP contribution in [0.5, 0.6) is 5.75 Å². The summed E-state index contributed by atoms with van der Waals surface area (Å²) in [4.78, 5) is 20.9. The van der Waals surface area contributed by atoms with Gasteiger partial charge in [0.25, 0.3) is 0 Å². The third kappa shape index (κ3) is 5.35. The molecule has 4 N–H and O–H groups in total. The number of nitrogens with zero attached hydrogens (tertiary/aromatic N) is 1. The maximum absolute atomic E-state index is 12.8. The normalized spacial score (nSPS) is 19.7. The summed E-state index contributed by atoms with van der Waals surface area (Å²) in [5, 5.41) is 15.9. The van der Waals surface area contributed by atoms with E-state index in [1.165, 1.54) is 0 Å². The average Bonchev–Trinajstić information content (AvgIpc) is 3.18. The quantitative estimate of drug-likeness (QED) is 0.486. The first kappa shape index (κ1) is 21.2. The minimum absolute atomic E-state index is 0.0864. The van der Waals surface area contributed by atoms with Gasteiger partial charge in [-0.05, 0) is 74.4 Å². The van der Waals surface area contributed by atoms with Gasteiger partial charge in [0.1, 0.15) is 11.6 Å². The monoisotopic (exact) mass is 422 g/mol. The Morgan fingerprint density at radius 3 is 2.65 bits per heavy atom. The second kappa shape index (κ2) is 9.39. The van der Waals surface area contributed by atoms with Crippen molar-refractivity contribution in [3.05, 3.63) is 59.4 Å². The maximum Gasteiger partial charge on any atom is 0.315 e. The Morgan fingerprint density at radius 1 is 1.19 bits per heavy atom. The van der Waals surface area contributed by atoms with Crippen LogP contribution < -0.4 is 15.4 Å². The van der Waals surface area contributed by atoms with E-state index >= 15 is 0 Å². The van der Waals surface area contributed by atoms with Crippen LogP contribution in [-0.4, -0.2) is 40.4 Å². The van der Waals surface area contributed by atoms with Crippen LogP contribution in [0.3, 0.4) is 0 Å². The van der Waals surface area contributed by atoms with E-state index in [1.807, 2.05) is 43.3 Å². The summed E-state index contributed by atoms with van der Waals surface area (Å²) in [5.41, 5.74) is 4.06. The molecule has 2 aromatic carbocycles. The number of aliphatic hydroxyl groups is 1. The molecule has 7 heteroatoms. The molecule has 0 bridgehead atoms. The minimum atomic E-state index is -0.310. The van der Waals surface area contributed by atoms with Gasteiger partial charge in [0.15, 0.2) is 0 Å². The predicted molar refractivity (Wildman–Crippen MR) is 120 cm³/mol. The van der Waals surface area contributed by atoms with Gasteiger partial charge in [-0.3, -0.25) is 0 Å². The number of methoxy groups -OCH3 is 1. The van der Waals surface area contributed by atoms with E-state index in [-0.39, 0.29) is 24.2 Å². The smallest absolute Gasteiger partial charge is 0.315 e. The molecule has 1 heterocycles. The second-order valence-electron chi connectivity index (χ2n) is 8.37. The van der Waals surface area contributed by atoms with Crippen molar-refractivity contribution in [3.8, 4) is 5.75 Å². The van der Waals surface area contributed by atoms with Crippen molar-refractivity contribution in [1.82, 2.24) is 20.6 Å². The lowest BCUT2D eigenvalue weighted by molar-refractivity contribution is 0.117. The summed E-state index contributed by atoms with van der Waals surface area (Å²) in [6.07, 6.45) is 3.39. The van der Waals surface area contributed by atoms with Crippen LogP contribution in [0, 0.1) is 6.92 Å². The zero-order valence-electron chi connectivity index (χ0n) is 18.0. The lowest BCUT2D eigenvalue weighted by atomic mass is 9.93. The topological polar surface area (TPSA) is 99.3 Å². The highest BCUT2D eigenvalue weighted by atomic mass is 16.5. The van der Waals surface area contributed by atoms with Gasteiger partial charge in [-0.25, -0.2) is 9.78 Å². The summed E-state index contributed by atoms with van der Waals surface area (Å²) in [6, 6.07) is 13.5. The van der Waals surface area contributed by atoms with E-state index < -0.39 is 0 Å². The van der Waals surface area contributed by atoms with Crippen LogP contribution in [-0.2, 0) is 6.42 Å². The number of urea groups is 1. The van der Waals surface area contributed by atoms with Crippen LogP contribution in [0.15, 0.2) is 42.5 Å². The van der Waals surface area contributed by atoms with Gasteiger partial charge < -0.3 is 25.5 Å². The summed E-state index contributed by atoms with van der Waals surface area (Å²) in [5.74, 6) is 1.52. The van der Waals surface area contributed by atoms with Gasteiger partial charge in [0.2, 0.25) is 0 Å². The number of fused-ring (bicyclic) bond motifs is 1. The van der Waals surface area contributed by atoms with Crippen LogP contribution >= 0.6 is 0 Å². The number of H-pyrrole nitrogens is 1. The van der Waals surface area contributed by atoms with Crippen LogP contribution in [0.4, 0.5) is 4.79 Å². The molecule has 1 aliphatic rings. The van der Waals surface area contributed by atoms with Crippen molar-refractivity contribution in [3.63, 3.8) is 0 Å². The molecule has 1 saturated carbocycles. The SMILES string of the molecule is COc1ccc(C[C@@H](NC(=O)NC2CCC(O)CC2)c2nc3ccc(C)cc3[nH]2)cc1. The van der Waals surface area contributed by atoms with E-state index in [0.717, 1.165) is 59.4 Å². The molecule has 1 aromatic heterocycles. The highest BCUT2D eigenvalue weighted by molar-refractivity contribution is 5.77. The third-order valence-electron chi connectivity index (χ3n) is 5.92. The number of nitrogens with one attached hydrogen (secondary N) is 3. The Morgan fingerprint density at radius 2 is 1.94 bits per heavy atom. The first-order valence-electron chi connectivity index (χ1n) is 10.8. The molecule has 1 aliphatic carbocycles. The first-order valence-corrected chi connectivity index (χ1v) is 10.8. The Balaban J connectivity index is 1.52. The fraction of sp³-hybridized carbons (Fsp3) is 0.417. The van der Waals surface area contributed by atoms with Gasteiger partial charge in [-0.1, -0.05) is 18.2 Å². The average molecular weight is 423 g/mol. The molecule has 1 atom stereocenters. The number of imidazole rings is 1. The number of carbonyl (C=O) groups excluding carboxylic acids is 1. The Bertz CT molecular complexity index is 1020. The van der Waals surface area contributed by atoms with Gasteiger partial charge in [0, 0.05) is 6.04 Å². The number of hydrogen-bond donors (Lipinski definition) is 4. The lowest BCUT2D eigenvalue weighted by Crippen LogP contribution is -2.45. The second-order valence-corrected chi connectivity index (χ2v) is 8.37. The molecular formula is C24H30N4O3. The zero-order chi connectivity index (χ0) is 21.8. The van der Waals surface area contributed by atoms with Gasteiger partial charge in [-0.2, -0.15) is 0 Å². The van der Waals surface area contributed by atoms with Crippen LogP contribution in [0.25, 0.3) is 11.0 Å². The molecule has 31 heavy (non-hydrogen) atoms. The fourth-order valence-electron chi connectivity index (χ4n) is 4.13. The van der Waals surface area contributed by atoms with Crippen LogP contribution in [0.1, 0.15) is 48.7 Å². The Kier molecular flexibility index (Phi) is 6.42. The Labute approximate surface area is 182 Å². The van der Waals surface area contributed by atoms with E-state index in [1.54, 1.807) is 7.11 Å². The molecule has 0 unspecified atom stereocenters. The third-order valence-corrected chi connectivity index (χ3v) is 5.92. The minimum Gasteiger partial charge on any atom is -0.497 e. The number of rotatable bonds is 6. The summed E-state index contributed by atoms with van der Waals surface area (Å²) in [6.45, 7) is 2.04. The maximum atomic E-state index is 12.8. The zero-order valence-corrected chi connectivity index (χ0v) is 18.0. The molecular weight excluding hydrogens is 392 g/mol. The predicted octanol–water partition coefficient (Wildman–Crippen LogP) is 3.77. The molecule has 0 spiro atoms. The summed E-state index contributed by atoms with van der Waals surface area (Å²) >= 11 is 0. The Hall–Kier alpha value is -3.06. The molecule has 7 nitrogen and oxygen atoms in total. The van der Waals surface area contributed by atoms with Crippen molar-refractivity contribution in [2.45, 2.75) is 57.2 Å². The number of hydrogen-bond acceptors (Lipinski definition) is 4. The van der Waals surface area contributed by atoms with Crippen molar-refractivity contribution in [2.75, 3.05) is 7.11 Å². The molecule has 1 fully saturated rings. The van der Waals surface area contributed by atoms with Crippen molar-refractivity contribution < 1.29 is 14.6 Å². The number of aromatic nitrogens is 2. The number of benzene rings is 2. The molecule has 0 aliphatic heterocycles. The van der Waals surface area contributed by atoms with Gasteiger partial charge in [0.05, 0.1) is 30.3 Å². The lowest BCUT2D eigenvalue weighted by Gasteiger charge is -2.27. The van der Waals surface area contributed by atoms with Gasteiger partial charge in [-0.15, -0.1) is 0 Å². The molecule has 0 saturated heterocycles. The van der Waals surface area contributed by atoms with Crippen molar-refractivity contribution >= 4 is 17.1 Å². The largest absolute Gasteiger partial charge is 0.497 e. The summed E-state index contributed by atoms with van der Waals surface area (Å²) < 4.78 is 5.25. The van der Waals surface area contributed by atoms with E-state index in [4.69, 9.17) is 9.72 Å². The highest BCUT2D eigenvalue weighted by Crippen LogP contribution is 2.23. The molecule has 3 aromatic rings. The molecule has 2 amide bonds. The van der Waals surface area contributed by atoms with Gasteiger partial charge >= 0.3 is 6.03 Å². The van der Waals surface area contributed by atoms with E-state index in [9.17, 15) is 9.90 Å². The molecule has 0 radical (unpaired) electrons. The highest BCUT2D eigenvalue weighted by Gasteiger charge is 2.24. The van der Waals surface area contributed by atoms with E-state index in [0.29, 0.717) is 6.42 Å². The van der Waals surface area contributed by atoms with Crippen molar-refractivity contribution in [2.24, 2.45) is 0 Å².